The summed E-state index contributed by atoms with van der Waals surface area (Å²) in [4.78, 5) is 17.6. The molecule has 0 bridgehead atoms. The summed E-state index contributed by atoms with van der Waals surface area (Å²) < 4.78 is 0. The van der Waals surface area contributed by atoms with Crippen molar-refractivity contribution in [3.8, 4) is 0 Å². The van der Waals surface area contributed by atoms with E-state index in [1.54, 1.807) is 6.92 Å². The fourth-order valence-corrected chi connectivity index (χ4v) is 0.617. The molecule has 0 heterocycles. The molecule has 3 N–H and O–H groups in total. The van der Waals surface area contributed by atoms with Crippen LogP contribution in [-0.4, -0.2) is 30.2 Å². The van der Waals surface area contributed by atoms with Crippen LogP contribution in [0.25, 0.3) is 0 Å². The summed E-state index contributed by atoms with van der Waals surface area (Å²) in [5.41, 5.74) is 5.46. The van der Waals surface area contributed by atoms with Gasteiger partial charge in [-0.1, -0.05) is 0 Å². The number of hydrogen-bond donors (Lipinski definition) is 2. The lowest BCUT2D eigenvalue weighted by Crippen LogP contribution is -2.11. The number of carbonyl (C=O) groups is 1. The molecule has 0 saturated carbocycles. The Morgan fingerprint density at radius 2 is 2.33 bits per heavy atom. The molecule has 12 heavy (non-hydrogen) atoms. The van der Waals surface area contributed by atoms with E-state index in [2.05, 4.69) is 16.7 Å². The third kappa shape index (κ3) is 3.07. The highest BCUT2D eigenvalue weighted by atomic mass is 16.4. The van der Waals surface area contributed by atoms with Crippen LogP contribution in [0.4, 0.5) is 0 Å². The summed E-state index contributed by atoms with van der Waals surface area (Å²) >= 11 is 0. The Morgan fingerprint density at radius 1 is 1.75 bits per heavy atom. The number of carboxylic acid groups (broad SMARTS) is 1. The minimum Gasteiger partial charge on any atom is -0.478 e. The van der Waals surface area contributed by atoms with Crippen LogP contribution in [0.1, 0.15) is 6.92 Å². The van der Waals surface area contributed by atoms with Crippen LogP contribution in [0.15, 0.2) is 21.8 Å². The van der Waals surface area contributed by atoms with E-state index >= 15 is 0 Å². The van der Waals surface area contributed by atoms with Crippen LogP contribution in [0.5, 0.6) is 0 Å². The zero-order valence-corrected chi connectivity index (χ0v) is 6.82. The van der Waals surface area contributed by atoms with Gasteiger partial charge in [-0.2, -0.15) is 0 Å². The highest BCUT2D eigenvalue weighted by molar-refractivity contribution is 6.18. The predicted molar refractivity (Wildman–Crippen MR) is 47.4 cm³/mol. The fourth-order valence-electron chi connectivity index (χ4n) is 0.617. The molecule has 0 saturated heterocycles. The van der Waals surface area contributed by atoms with Crippen molar-refractivity contribution in [2.75, 3.05) is 6.67 Å². The Kier molecular flexibility index (Phi) is 4.55. The minimum atomic E-state index is -1.09. The molecule has 0 radical (unpaired) electrons. The normalized spacial score (nSPS) is 12.8. The first-order valence-electron chi connectivity index (χ1n) is 3.24. The minimum absolute atomic E-state index is 0.00968. The standard InChI is InChI=1S/C7H11N3O2/c1-5(10-4-8)6(3-9-2)7(11)12/h3H,2,4,8H2,1H3,(H,11,12)/b6-3+,10-5-. The van der Waals surface area contributed by atoms with E-state index in [4.69, 9.17) is 10.8 Å². The molecule has 0 aromatic heterocycles. The van der Waals surface area contributed by atoms with Gasteiger partial charge in [0.25, 0.3) is 0 Å². The zero-order valence-electron chi connectivity index (χ0n) is 6.82. The Hall–Kier alpha value is -1.49. The van der Waals surface area contributed by atoms with Gasteiger partial charge in [-0.15, -0.1) is 0 Å². The SMILES string of the molecule is C=N/C=C(C(=O)O)\C(C)=N/CN. The van der Waals surface area contributed by atoms with Gasteiger partial charge in [0, 0.05) is 11.9 Å². The number of aliphatic carboxylic acids is 1. The van der Waals surface area contributed by atoms with E-state index in [0.29, 0.717) is 5.71 Å². The molecule has 0 unspecified atom stereocenters. The number of carboxylic acids is 1. The largest absolute Gasteiger partial charge is 0.478 e. The molecule has 0 spiro atoms. The first-order valence-corrected chi connectivity index (χ1v) is 3.24. The van der Waals surface area contributed by atoms with E-state index < -0.39 is 5.97 Å². The monoisotopic (exact) mass is 169 g/mol. The van der Waals surface area contributed by atoms with Gasteiger partial charge in [0.05, 0.1) is 12.2 Å². The third-order valence-corrected chi connectivity index (χ3v) is 1.17. The van der Waals surface area contributed by atoms with Crippen molar-refractivity contribution in [2.24, 2.45) is 15.7 Å². The second kappa shape index (κ2) is 5.20. The number of nitrogens with zero attached hydrogens (tertiary/aromatic N) is 2. The van der Waals surface area contributed by atoms with Gasteiger partial charge < -0.3 is 10.8 Å². The first-order chi connectivity index (χ1) is 5.63. The van der Waals surface area contributed by atoms with E-state index in [-0.39, 0.29) is 12.2 Å². The van der Waals surface area contributed by atoms with E-state index in [0.717, 1.165) is 6.20 Å². The highest BCUT2D eigenvalue weighted by Crippen LogP contribution is 1.98. The van der Waals surface area contributed by atoms with Gasteiger partial charge in [-0.05, 0) is 13.6 Å². The van der Waals surface area contributed by atoms with Gasteiger partial charge in [0.2, 0.25) is 0 Å². The number of rotatable bonds is 4. The average molecular weight is 169 g/mol. The molecule has 0 amide bonds. The summed E-state index contributed by atoms with van der Waals surface area (Å²) in [5, 5.41) is 8.62. The molecule has 0 rings (SSSR count). The Bertz CT molecular complexity index is 243. The Morgan fingerprint density at radius 3 is 2.67 bits per heavy atom. The molecule has 0 aliphatic carbocycles. The van der Waals surface area contributed by atoms with Crippen LogP contribution in [0.2, 0.25) is 0 Å². The number of nitrogens with two attached hydrogens (primary N) is 1. The van der Waals surface area contributed by atoms with E-state index in [9.17, 15) is 4.79 Å². The molecule has 66 valence electrons. The maximum absolute atomic E-state index is 10.5. The average Bonchev–Trinajstić information content (AvgIpc) is 1.99. The van der Waals surface area contributed by atoms with E-state index in [1.807, 2.05) is 0 Å². The van der Waals surface area contributed by atoms with Crippen LogP contribution in [-0.2, 0) is 4.79 Å². The molecule has 0 atom stereocenters. The summed E-state index contributed by atoms with van der Waals surface area (Å²) in [6, 6.07) is 0. The van der Waals surface area contributed by atoms with Crippen molar-refractivity contribution in [1.82, 2.24) is 0 Å². The van der Waals surface area contributed by atoms with Gasteiger partial charge in [0.15, 0.2) is 0 Å². The number of aliphatic imine (C=N–C) groups is 2. The lowest BCUT2D eigenvalue weighted by atomic mass is 10.2. The summed E-state index contributed by atoms with van der Waals surface area (Å²) in [6.45, 7) is 4.77. The zero-order chi connectivity index (χ0) is 9.56. The predicted octanol–water partition coefficient (Wildman–Crippen LogP) is 0.0326. The van der Waals surface area contributed by atoms with Crippen molar-refractivity contribution < 1.29 is 9.90 Å². The van der Waals surface area contributed by atoms with Gasteiger partial charge in [0.1, 0.15) is 0 Å². The first kappa shape index (κ1) is 10.5. The van der Waals surface area contributed by atoms with Crippen LogP contribution in [0, 0.1) is 0 Å². The van der Waals surface area contributed by atoms with Crippen LogP contribution >= 0.6 is 0 Å². The van der Waals surface area contributed by atoms with Crippen molar-refractivity contribution in [3.05, 3.63) is 11.8 Å². The van der Waals surface area contributed by atoms with Crippen LogP contribution in [0.3, 0.4) is 0 Å². The fraction of sp³-hybridized carbons (Fsp3) is 0.286. The summed E-state index contributed by atoms with van der Waals surface area (Å²) in [5.74, 6) is -1.09. The number of hydrogen-bond acceptors (Lipinski definition) is 4. The molecular formula is C7H11N3O2. The lowest BCUT2D eigenvalue weighted by Gasteiger charge is -1.98. The maximum atomic E-state index is 10.5. The molecule has 0 aromatic carbocycles. The molecule has 5 nitrogen and oxygen atoms in total. The maximum Gasteiger partial charge on any atom is 0.339 e. The molecule has 5 heteroatoms. The molecule has 0 aliphatic heterocycles. The molecular weight excluding hydrogens is 158 g/mol. The Labute approximate surface area is 70.3 Å². The second-order valence-electron chi connectivity index (χ2n) is 1.96. The van der Waals surface area contributed by atoms with Crippen LogP contribution < -0.4 is 5.73 Å². The Balaban J connectivity index is 4.75. The lowest BCUT2D eigenvalue weighted by molar-refractivity contribution is -0.132. The second-order valence-corrected chi connectivity index (χ2v) is 1.96. The van der Waals surface area contributed by atoms with Crippen molar-refractivity contribution in [3.63, 3.8) is 0 Å². The van der Waals surface area contributed by atoms with Gasteiger partial charge in [-0.3, -0.25) is 9.98 Å². The van der Waals surface area contributed by atoms with Crippen molar-refractivity contribution in [1.29, 1.82) is 0 Å². The van der Waals surface area contributed by atoms with E-state index in [1.165, 1.54) is 0 Å². The van der Waals surface area contributed by atoms with Crippen molar-refractivity contribution >= 4 is 18.4 Å². The van der Waals surface area contributed by atoms with Gasteiger partial charge in [-0.25, -0.2) is 4.79 Å². The summed E-state index contributed by atoms with van der Waals surface area (Å²) in [6.07, 6.45) is 1.14. The summed E-state index contributed by atoms with van der Waals surface area (Å²) in [7, 11) is 0. The quantitative estimate of drug-likeness (QED) is 0.459. The molecule has 0 aromatic rings. The van der Waals surface area contributed by atoms with Gasteiger partial charge >= 0.3 is 5.97 Å². The molecule has 0 aliphatic rings. The third-order valence-electron chi connectivity index (χ3n) is 1.17. The highest BCUT2D eigenvalue weighted by Gasteiger charge is 2.09. The topological polar surface area (TPSA) is 88.0 Å². The smallest absolute Gasteiger partial charge is 0.339 e. The molecule has 0 fully saturated rings. The van der Waals surface area contributed by atoms with Crippen molar-refractivity contribution in [2.45, 2.75) is 6.92 Å².